The van der Waals surface area contributed by atoms with Crippen molar-refractivity contribution in [3.05, 3.63) is 46.2 Å². The highest BCUT2D eigenvalue weighted by atomic mass is 32.1. The van der Waals surface area contributed by atoms with Gasteiger partial charge in [-0.25, -0.2) is 9.97 Å². The van der Waals surface area contributed by atoms with Crippen molar-refractivity contribution in [3.63, 3.8) is 0 Å². The van der Waals surface area contributed by atoms with E-state index in [-0.39, 0.29) is 0 Å². The number of aromatic amines is 1. The molecule has 0 unspecified atom stereocenters. The van der Waals surface area contributed by atoms with Crippen molar-refractivity contribution in [3.8, 4) is 11.4 Å². The zero-order valence-electron chi connectivity index (χ0n) is 11.3. The molecule has 102 valence electrons. The molecule has 0 radical (unpaired) electrons. The highest BCUT2D eigenvalue weighted by Gasteiger charge is 2.05. The molecular formula is C14H15N5S. The van der Waals surface area contributed by atoms with E-state index >= 15 is 0 Å². The number of hydrogen-bond donors (Lipinski definition) is 2. The minimum absolute atomic E-state index is 0.718. The van der Waals surface area contributed by atoms with Gasteiger partial charge >= 0.3 is 0 Å². The quantitative estimate of drug-likeness (QED) is 0.772. The summed E-state index contributed by atoms with van der Waals surface area (Å²) in [6.07, 6.45) is 0. The summed E-state index contributed by atoms with van der Waals surface area (Å²) in [6, 6.07) is 8.07. The molecule has 0 aliphatic carbocycles. The van der Waals surface area contributed by atoms with Crippen LogP contribution in [0.1, 0.15) is 16.5 Å². The van der Waals surface area contributed by atoms with Crippen LogP contribution >= 0.6 is 11.3 Å². The average molecular weight is 285 g/mol. The van der Waals surface area contributed by atoms with E-state index in [0.29, 0.717) is 0 Å². The van der Waals surface area contributed by atoms with Gasteiger partial charge in [-0.3, -0.25) is 5.10 Å². The first-order valence-corrected chi connectivity index (χ1v) is 7.23. The van der Waals surface area contributed by atoms with Crippen molar-refractivity contribution < 1.29 is 0 Å². The van der Waals surface area contributed by atoms with Gasteiger partial charge in [-0.05, 0) is 26.0 Å². The first-order valence-electron chi connectivity index (χ1n) is 6.35. The second-order valence-electron chi connectivity index (χ2n) is 4.54. The number of thiazole rings is 1. The van der Waals surface area contributed by atoms with Gasteiger partial charge in [0.05, 0.1) is 17.2 Å². The lowest BCUT2D eigenvalue weighted by Gasteiger charge is -2.05. The Morgan fingerprint density at radius 3 is 2.85 bits per heavy atom. The summed E-state index contributed by atoms with van der Waals surface area (Å²) in [5.74, 6) is 1.53. The van der Waals surface area contributed by atoms with Crippen LogP contribution in [0, 0.1) is 13.8 Å². The Labute approximate surface area is 121 Å². The van der Waals surface area contributed by atoms with Gasteiger partial charge in [-0.1, -0.05) is 12.1 Å². The number of hydrogen-bond acceptors (Lipinski definition) is 5. The molecule has 5 nitrogen and oxygen atoms in total. The summed E-state index contributed by atoms with van der Waals surface area (Å²) in [6.45, 7) is 4.63. The predicted octanol–water partition coefficient (Wildman–Crippen LogP) is 3.16. The molecule has 0 saturated heterocycles. The Balaban J connectivity index is 1.74. The molecule has 0 atom stereocenters. The molecule has 1 aromatic carbocycles. The summed E-state index contributed by atoms with van der Waals surface area (Å²) in [7, 11) is 0. The van der Waals surface area contributed by atoms with Crippen LogP contribution < -0.4 is 5.32 Å². The minimum atomic E-state index is 0.718. The standard InChI is InChI=1S/C14H15N5S/c1-9-16-14(19-18-9)11-4-3-5-12(6-11)15-7-13-8-20-10(2)17-13/h3-6,8,15H,7H2,1-2H3,(H,16,18,19). The third-order valence-electron chi connectivity index (χ3n) is 2.86. The van der Waals surface area contributed by atoms with Crippen LogP contribution in [-0.4, -0.2) is 20.2 Å². The first-order chi connectivity index (χ1) is 9.70. The SMILES string of the molecule is Cc1nc(-c2cccc(NCc3csc(C)n3)c2)n[nH]1. The van der Waals surface area contributed by atoms with Crippen LogP contribution in [0.25, 0.3) is 11.4 Å². The van der Waals surface area contributed by atoms with E-state index in [2.05, 4.69) is 30.9 Å². The number of benzene rings is 1. The van der Waals surface area contributed by atoms with Crippen LogP contribution in [0.2, 0.25) is 0 Å². The maximum absolute atomic E-state index is 4.44. The van der Waals surface area contributed by atoms with Gasteiger partial charge in [0.1, 0.15) is 5.82 Å². The second kappa shape index (κ2) is 5.42. The Morgan fingerprint density at radius 1 is 1.25 bits per heavy atom. The number of nitrogens with one attached hydrogen (secondary N) is 2. The largest absolute Gasteiger partial charge is 0.379 e. The molecule has 0 fully saturated rings. The lowest BCUT2D eigenvalue weighted by atomic mass is 10.2. The Hall–Kier alpha value is -2.21. The fourth-order valence-electron chi connectivity index (χ4n) is 1.92. The number of aromatic nitrogens is 4. The summed E-state index contributed by atoms with van der Waals surface area (Å²) in [5.41, 5.74) is 3.09. The molecule has 0 bridgehead atoms. The van der Waals surface area contributed by atoms with Gasteiger partial charge in [0.25, 0.3) is 0 Å². The molecule has 0 amide bonds. The van der Waals surface area contributed by atoms with Gasteiger partial charge in [0, 0.05) is 16.6 Å². The molecular weight excluding hydrogens is 270 g/mol. The van der Waals surface area contributed by atoms with Crippen molar-refractivity contribution in [2.24, 2.45) is 0 Å². The van der Waals surface area contributed by atoms with Gasteiger partial charge < -0.3 is 5.32 Å². The van der Waals surface area contributed by atoms with Crippen LogP contribution in [0.15, 0.2) is 29.6 Å². The first kappa shape index (κ1) is 12.8. The molecule has 6 heteroatoms. The molecule has 0 aliphatic rings. The molecule has 3 rings (SSSR count). The van der Waals surface area contributed by atoms with E-state index in [4.69, 9.17) is 0 Å². The van der Waals surface area contributed by atoms with Gasteiger partial charge in [0.15, 0.2) is 5.82 Å². The summed E-state index contributed by atoms with van der Waals surface area (Å²) >= 11 is 1.67. The van der Waals surface area contributed by atoms with Crippen LogP contribution in [0.4, 0.5) is 5.69 Å². The fraction of sp³-hybridized carbons (Fsp3) is 0.214. The Morgan fingerprint density at radius 2 is 2.15 bits per heavy atom. The molecule has 0 aliphatic heterocycles. The van der Waals surface area contributed by atoms with E-state index < -0.39 is 0 Å². The average Bonchev–Trinajstić information content (AvgIpc) is 3.06. The number of nitrogens with zero attached hydrogens (tertiary/aromatic N) is 3. The zero-order valence-corrected chi connectivity index (χ0v) is 12.2. The number of aryl methyl sites for hydroxylation is 2. The predicted molar refractivity (Wildman–Crippen MR) is 80.7 cm³/mol. The molecule has 3 aromatic rings. The molecule has 20 heavy (non-hydrogen) atoms. The Kier molecular flexibility index (Phi) is 3.47. The zero-order chi connectivity index (χ0) is 13.9. The summed E-state index contributed by atoms with van der Waals surface area (Å²) in [4.78, 5) is 8.77. The second-order valence-corrected chi connectivity index (χ2v) is 5.60. The molecule has 2 N–H and O–H groups in total. The van der Waals surface area contributed by atoms with E-state index in [1.165, 1.54) is 0 Å². The van der Waals surface area contributed by atoms with E-state index in [1.807, 2.05) is 38.1 Å². The van der Waals surface area contributed by atoms with E-state index in [0.717, 1.165) is 40.1 Å². The minimum Gasteiger partial charge on any atom is -0.379 e. The monoisotopic (exact) mass is 285 g/mol. The fourth-order valence-corrected chi connectivity index (χ4v) is 2.53. The number of H-pyrrole nitrogens is 1. The number of rotatable bonds is 4. The summed E-state index contributed by atoms with van der Waals surface area (Å²) in [5, 5.41) is 13.6. The maximum Gasteiger partial charge on any atom is 0.181 e. The van der Waals surface area contributed by atoms with Crippen LogP contribution in [-0.2, 0) is 6.54 Å². The molecule has 2 aromatic heterocycles. The smallest absolute Gasteiger partial charge is 0.181 e. The van der Waals surface area contributed by atoms with Crippen molar-refractivity contribution in [1.82, 2.24) is 20.2 Å². The van der Waals surface area contributed by atoms with Crippen molar-refractivity contribution in [2.45, 2.75) is 20.4 Å². The lowest BCUT2D eigenvalue weighted by molar-refractivity contribution is 1.04. The Bertz CT molecular complexity index is 716. The number of anilines is 1. The van der Waals surface area contributed by atoms with E-state index in [9.17, 15) is 0 Å². The van der Waals surface area contributed by atoms with E-state index in [1.54, 1.807) is 11.3 Å². The van der Waals surface area contributed by atoms with Crippen molar-refractivity contribution in [2.75, 3.05) is 5.32 Å². The van der Waals surface area contributed by atoms with Crippen LogP contribution in [0.5, 0.6) is 0 Å². The highest BCUT2D eigenvalue weighted by Crippen LogP contribution is 2.20. The highest BCUT2D eigenvalue weighted by molar-refractivity contribution is 7.09. The van der Waals surface area contributed by atoms with Crippen LogP contribution in [0.3, 0.4) is 0 Å². The normalized spacial score (nSPS) is 10.7. The third kappa shape index (κ3) is 2.85. The van der Waals surface area contributed by atoms with Crippen molar-refractivity contribution >= 4 is 17.0 Å². The molecule has 0 spiro atoms. The summed E-state index contributed by atoms with van der Waals surface area (Å²) < 4.78 is 0. The maximum atomic E-state index is 4.44. The third-order valence-corrected chi connectivity index (χ3v) is 3.68. The topological polar surface area (TPSA) is 66.5 Å². The van der Waals surface area contributed by atoms with Gasteiger partial charge in [-0.15, -0.1) is 11.3 Å². The van der Waals surface area contributed by atoms with Gasteiger partial charge in [0.2, 0.25) is 0 Å². The molecule has 0 saturated carbocycles. The van der Waals surface area contributed by atoms with Gasteiger partial charge in [-0.2, -0.15) is 5.10 Å². The lowest BCUT2D eigenvalue weighted by Crippen LogP contribution is -1.99. The molecule has 2 heterocycles. The van der Waals surface area contributed by atoms with Crippen molar-refractivity contribution in [1.29, 1.82) is 0 Å².